The molecule has 0 heterocycles. The Balaban J connectivity index is 3.22. The van der Waals surface area contributed by atoms with Gasteiger partial charge in [0.15, 0.2) is 5.60 Å². The first kappa shape index (κ1) is 16.0. The zero-order valence-electron chi connectivity index (χ0n) is 12.8. The molecule has 1 aromatic carbocycles. The van der Waals surface area contributed by atoms with Gasteiger partial charge in [-0.3, -0.25) is 0 Å². The maximum Gasteiger partial charge on any atom is 0.156 e. The van der Waals surface area contributed by atoms with E-state index in [9.17, 15) is 0 Å². The van der Waals surface area contributed by atoms with Crippen LogP contribution < -0.4 is 0 Å². The number of ether oxygens (including phenoxy) is 1. The van der Waals surface area contributed by atoms with Crippen LogP contribution in [0.15, 0.2) is 30.3 Å². The van der Waals surface area contributed by atoms with Crippen LogP contribution in [-0.4, -0.2) is 15.0 Å². The fourth-order valence-corrected chi connectivity index (χ4v) is 2.67. The molecule has 2 heteroatoms. The zero-order valence-corrected chi connectivity index (χ0v) is 13.8. The molecule has 2 unspecified atom stereocenters. The molecule has 0 aromatic heterocycles. The fraction of sp³-hybridized carbons (Fsp3) is 0.529. The van der Waals surface area contributed by atoms with Crippen LogP contribution in [0.3, 0.4) is 0 Å². The van der Waals surface area contributed by atoms with Gasteiger partial charge in [0.25, 0.3) is 0 Å². The van der Waals surface area contributed by atoms with E-state index in [0.29, 0.717) is 5.92 Å². The molecule has 1 nitrogen and oxygen atoms in total. The van der Waals surface area contributed by atoms with E-state index in [1.807, 2.05) is 13.0 Å². The Labute approximate surface area is 120 Å². The molecule has 19 heavy (non-hydrogen) atoms. The predicted octanol–water partition coefficient (Wildman–Crippen LogP) is 4.26. The average Bonchev–Trinajstić information content (AvgIpc) is 2.43. The van der Waals surface area contributed by atoms with Crippen molar-refractivity contribution in [1.82, 2.24) is 0 Å². The Morgan fingerprint density at radius 2 is 1.89 bits per heavy atom. The Morgan fingerprint density at radius 3 is 2.37 bits per heavy atom. The molecule has 0 fully saturated rings. The van der Waals surface area contributed by atoms with Gasteiger partial charge in [0.1, 0.15) is 0 Å². The highest BCUT2D eigenvalue weighted by Crippen LogP contribution is 2.35. The van der Waals surface area contributed by atoms with Crippen molar-refractivity contribution >= 4 is 8.80 Å². The van der Waals surface area contributed by atoms with Crippen molar-refractivity contribution in [1.29, 1.82) is 0 Å². The molecule has 0 aliphatic carbocycles. The zero-order chi connectivity index (χ0) is 14.3. The Morgan fingerprint density at radius 1 is 1.26 bits per heavy atom. The normalized spacial score (nSPS) is 15.5. The van der Waals surface area contributed by atoms with Crippen LogP contribution in [0, 0.1) is 17.8 Å². The minimum atomic E-state index is -0.452. The molecule has 1 radical (unpaired) electrons. The van der Waals surface area contributed by atoms with Gasteiger partial charge in [-0.05, 0) is 18.9 Å². The van der Waals surface area contributed by atoms with Crippen molar-refractivity contribution in [2.24, 2.45) is 5.92 Å². The lowest BCUT2D eigenvalue weighted by Gasteiger charge is -2.35. The standard InChI is InChI=1S/C17H25OSi/c1-6-13-17(15(3)7-2,18-14-19(4)5)16-11-9-8-10-12-16/h8-12,15H,7,14H2,1-5H3. The van der Waals surface area contributed by atoms with Crippen molar-refractivity contribution < 1.29 is 4.74 Å². The third-order valence-electron chi connectivity index (χ3n) is 3.41. The van der Waals surface area contributed by atoms with Gasteiger partial charge >= 0.3 is 0 Å². The summed E-state index contributed by atoms with van der Waals surface area (Å²) in [6.45, 7) is 10.9. The summed E-state index contributed by atoms with van der Waals surface area (Å²) in [5.41, 5.74) is 0.731. The van der Waals surface area contributed by atoms with Gasteiger partial charge in [0.05, 0.1) is 8.80 Å². The highest BCUT2D eigenvalue weighted by atomic mass is 28.3. The second-order valence-electron chi connectivity index (χ2n) is 5.28. The van der Waals surface area contributed by atoms with Gasteiger partial charge in [-0.2, -0.15) is 0 Å². The van der Waals surface area contributed by atoms with E-state index < -0.39 is 14.4 Å². The largest absolute Gasteiger partial charge is 0.361 e. The minimum absolute atomic E-state index is 0.378. The Hall–Kier alpha value is -1.04. The molecule has 0 saturated heterocycles. The molecule has 0 saturated carbocycles. The summed E-state index contributed by atoms with van der Waals surface area (Å²) < 4.78 is 6.34. The molecule has 103 valence electrons. The molecule has 1 rings (SSSR count). The van der Waals surface area contributed by atoms with Crippen LogP contribution in [0.4, 0.5) is 0 Å². The second-order valence-corrected chi connectivity index (χ2v) is 7.98. The van der Waals surface area contributed by atoms with Crippen molar-refractivity contribution in [2.75, 3.05) is 6.23 Å². The number of rotatable bonds is 6. The third-order valence-corrected chi connectivity index (χ3v) is 4.13. The van der Waals surface area contributed by atoms with E-state index in [0.717, 1.165) is 12.7 Å². The van der Waals surface area contributed by atoms with E-state index in [1.165, 1.54) is 5.56 Å². The monoisotopic (exact) mass is 273 g/mol. The Kier molecular flexibility index (Phi) is 6.34. The topological polar surface area (TPSA) is 9.23 Å². The smallest absolute Gasteiger partial charge is 0.156 e. The van der Waals surface area contributed by atoms with E-state index in [2.05, 4.69) is 63.0 Å². The first-order valence-electron chi connectivity index (χ1n) is 6.99. The lowest BCUT2D eigenvalue weighted by atomic mass is 9.81. The van der Waals surface area contributed by atoms with E-state index >= 15 is 0 Å². The molecule has 0 amide bonds. The lowest BCUT2D eigenvalue weighted by Crippen LogP contribution is -2.37. The average molecular weight is 273 g/mol. The third kappa shape index (κ3) is 3.96. The molecule has 1 aromatic rings. The minimum Gasteiger partial charge on any atom is -0.361 e. The fourth-order valence-electron chi connectivity index (χ4n) is 2.16. The van der Waals surface area contributed by atoms with Gasteiger partial charge in [-0.15, -0.1) is 5.92 Å². The lowest BCUT2D eigenvalue weighted by molar-refractivity contribution is -0.0226. The summed E-state index contributed by atoms with van der Waals surface area (Å²) >= 11 is 0. The van der Waals surface area contributed by atoms with Crippen molar-refractivity contribution in [2.45, 2.75) is 45.9 Å². The van der Waals surface area contributed by atoms with Gasteiger partial charge in [0, 0.05) is 12.1 Å². The SMILES string of the molecule is CC#CC(OC[Si](C)C)(c1ccccc1)C(C)CC. The van der Waals surface area contributed by atoms with Crippen molar-refractivity contribution in [3.63, 3.8) is 0 Å². The van der Waals surface area contributed by atoms with Crippen LogP contribution in [-0.2, 0) is 10.3 Å². The molecular weight excluding hydrogens is 248 g/mol. The van der Waals surface area contributed by atoms with Crippen LogP contribution >= 0.6 is 0 Å². The number of hydrogen-bond acceptors (Lipinski definition) is 1. The van der Waals surface area contributed by atoms with Gasteiger partial charge < -0.3 is 4.74 Å². The molecule has 0 N–H and O–H groups in total. The predicted molar refractivity (Wildman–Crippen MR) is 84.5 cm³/mol. The van der Waals surface area contributed by atoms with Gasteiger partial charge in [-0.25, -0.2) is 0 Å². The summed E-state index contributed by atoms with van der Waals surface area (Å²) in [7, 11) is -0.423. The first-order chi connectivity index (χ1) is 9.06. The van der Waals surface area contributed by atoms with Crippen LogP contribution in [0.2, 0.25) is 13.1 Å². The maximum absolute atomic E-state index is 6.34. The molecule has 0 spiro atoms. The van der Waals surface area contributed by atoms with Crippen LogP contribution in [0.25, 0.3) is 0 Å². The maximum atomic E-state index is 6.34. The summed E-state index contributed by atoms with van der Waals surface area (Å²) in [5, 5.41) is 0. The highest BCUT2D eigenvalue weighted by molar-refractivity contribution is 6.55. The second kappa shape index (κ2) is 7.52. The van der Waals surface area contributed by atoms with Crippen LogP contribution in [0.5, 0.6) is 0 Å². The van der Waals surface area contributed by atoms with E-state index in [-0.39, 0.29) is 0 Å². The van der Waals surface area contributed by atoms with Gasteiger partial charge in [-0.1, -0.05) is 63.2 Å². The summed E-state index contributed by atoms with van der Waals surface area (Å²) in [4.78, 5) is 0. The van der Waals surface area contributed by atoms with E-state index in [4.69, 9.17) is 4.74 Å². The van der Waals surface area contributed by atoms with Crippen molar-refractivity contribution in [3.05, 3.63) is 35.9 Å². The molecule has 2 atom stereocenters. The molecular formula is C17H25OSi. The van der Waals surface area contributed by atoms with E-state index in [1.54, 1.807) is 0 Å². The molecule has 0 aliphatic rings. The number of benzene rings is 1. The van der Waals surface area contributed by atoms with Crippen LogP contribution in [0.1, 0.15) is 32.8 Å². The summed E-state index contributed by atoms with van der Waals surface area (Å²) in [6.07, 6.45) is 1.89. The first-order valence-corrected chi connectivity index (χ1v) is 9.70. The summed E-state index contributed by atoms with van der Waals surface area (Å²) in [6, 6.07) is 10.4. The highest BCUT2D eigenvalue weighted by Gasteiger charge is 2.36. The van der Waals surface area contributed by atoms with Crippen molar-refractivity contribution in [3.8, 4) is 11.8 Å². The molecule has 0 bridgehead atoms. The molecule has 0 aliphatic heterocycles. The summed E-state index contributed by atoms with van der Waals surface area (Å²) in [5.74, 6) is 6.82. The quantitative estimate of drug-likeness (QED) is 0.556. The Bertz CT molecular complexity index is 430. The van der Waals surface area contributed by atoms with Gasteiger partial charge in [0.2, 0.25) is 0 Å². The number of hydrogen-bond donors (Lipinski definition) is 0.